The Labute approximate surface area is 166 Å². The first kappa shape index (κ1) is 21.6. The number of anilines is 2. The summed E-state index contributed by atoms with van der Waals surface area (Å²) in [5.41, 5.74) is -0.0279. The van der Waals surface area contributed by atoms with Crippen LogP contribution in [-0.2, 0) is 14.8 Å². The van der Waals surface area contributed by atoms with Crippen molar-refractivity contribution in [3.63, 3.8) is 0 Å². The van der Waals surface area contributed by atoms with E-state index in [-0.39, 0.29) is 31.0 Å². The second-order valence-corrected chi connectivity index (χ2v) is 10.7. The second kappa shape index (κ2) is 9.47. The molecule has 0 bridgehead atoms. The zero-order valence-corrected chi connectivity index (χ0v) is 17.6. The van der Waals surface area contributed by atoms with Gasteiger partial charge in [0, 0.05) is 18.2 Å². The Balaban J connectivity index is 1.92. The summed E-state index contributed by atoms with van der Waals surface area (Å²) in [5.74, 6) is -0.925. The van der Waals surface area contributed by atoms with Crippen molar-refractivity contribution in [2.24, 2.45) is 0 Å². The number of halogens is 1. The number of sulfonamides is 1. The summed E-state index contributed by atoms with van der Waals surface area (Å²) in [6.45, 7) is 4.07. The van der Waals surface area contributed by atoms with Crippen molar-refractivity contribution in [2.75, 3.05) is 22.4 Å². The SMILES string of the molecule is CC(C)Sc1nnc(NC(=O)CCCN(c2ccccc2F)S(C)(=O)=O)s1. The van der Waals surface area contributed by atoms with Gasteiger partial charge in [-0.05, 0) is 18.6 Å². The zero-order chi connectivity index (χ0) is 20.0. The highest BCUT2D eigenvalue weighted by molar-refractivity contribution is 8.01. The first-order valence-corrected chi connectivity index (χ1v) is 11.7. The molecule has 0 radical (unpaired) electrons. The summed E-state index contributed by atoms with van der Waals surface area (Å²) in [5, 5.41) is 11.3. The van der Waals surface area contributed by atoms with Crippen LogP contribution in [0.2, 0.25) is 0 Å². The van der Waals surface area contributed by atoms with Crippen molar-refractivity contribution in [3.05, 3.63) is 30.1 Å². The van der Waals surface area contributed by atoms with Gasteiger partial charge in [-0.15, -0.1) is 10.2 Å². The fourth-order valence-electron chi connectivity index (χ4n) is 2.19. The number of para-hydroxylation sites is 1. The van der Waals surface area contributed by atoms with Gasteiger partial charge in [0.15, 0.2) is 4.34 Å². The first-order valence-electron chi connectivity index (χ1n) is 8.19. The van der Waals surface area contributed by atoms with Crippen molar-refractivity contribution in [1.29, 1.82) is 0 Å². The number of carbonyl (C=O) groups is 1. The minimum Gasteiger partial charge on any atom is -0.301 e. The van der Waals surface area contributed by atoms with Gasteiger partial charge < -0.3 is 5.32 Å². The molecule has 1 heterocycles. The molecule has 0 aliphatic rings. The quantitative estimate of drug-likeness (QED) is 0.482. The van der Waals surface area contributed by atoms with E-state index in [1.807, 2.05) is 13.8 Å². The van der Waals surface area contributed by atoms with Gasteiger partial charge >= 0.3 is 0 Å². The highest BCUT2D eigenvalue weighted by Gasteiger charge is 2.20. The van der Waals surface area contributed by atoms with Crippen LogP contribution in [0.15, 0.2) is 28.6 Å². The number of amides is 1. The predicted octanol–water partition coefficient (Wildman–Crippen LogP) is 3.36. The van der Waals surface area contributed by atoms with Crippen LogP contribution < -0.4 is 9.62 Å². The van der Waals surface area contributed by atoms with Crippen LogP contribution in [0.4, 0.5) is 15.2 Å². The molecule has 1 aromatic carbocycles. The Morgan fingerprint density at radius 1 is 1.33 bits per heavy atom. The molecule has 1 N–H and O–H groups in total. The lowest BCUT2D eigenvalue weighted by Gasteiger charge is -2.22. The van der Waals surface area contributed by atoms with E-state index < -0.39 is 15.8 Å². The lowest BCUT2D eigenvalue weighted by molar-refractivity contribution is -0.116. The molecule has 0 aliphatic carbocycles. The van der Waals surface area contributed by atoms with E-state index in [4.69, 9.17) is 0 Å². The fourth-order valence-corrected chi connectivity index (χ4v) is 5.15. The number of thioether (sulfide) groups is 1. The molecule has 1 amide bonds. The van der Waals surface area contributed by atoms with Crippen LogP contribution in [-0.4, -0.2) is 42.6 Å². The normalized spacial score (nSPS) is 11.6. The number of hydrogen-bond donors (Lipinski definition) is 1. The Bertz CT molecular complexity index is 887. The molecule has 0 atom stereocenters. The fraction of sp³-hybridized carbons (Fsp3) is 0.438. The Kier molecular flexibility index (Phi) is 7.57. The maximum absolute atomic E-state index is 13.9. The van der Waals surface area contributed by atoms with Gasteiger partial charge in [0.25, 0.3) is 0 Å². The Morgan fingerprint density at radius 3 is 2.67 bits per heavy atom. The number of carbonyl (C=O) groups excluding carboxylic acids is 1. The van der Waals surface area contributed by atoms with E-state index in [1.165, 1.54) is 29.5 Å². The third-order valence-corrected chi connectivity index (χ3v) is 6.38. The second-order valence-electron chi connectivity index (χ2n) is 5.98. The molecule has 27 heavy (non-hydrogen) atoms. The molecule has 2 rings (SSSR count). The van der Waals surface area contributed by atoms with Gasteiger partial charge in [0.05, 0.1) is 11.9 Å². The molecule has 0 spiro atoms. The Hall–Kier alpha value is -1.72. The summed E-state index contributed by atoms with van der Waals surface area (Å²) < 4.78 is 39.6. The molecular formula is C16H21FN4O3S3. The van der Waals surface area contributed by atoms with Crippen LogP contribution in [0.1, 0.15) is 26.7 Å². The van der Waals surface area contributed by atoms with Gasteiger partial charge in [-0.2, -0.15) is 0 Å². The average molecular weight is 433 g/mol. The minimum atomic E-state index is -3.67. The van der Waals surface area contributed by atoms with Gasteiger partial charge in [-0.25, -0.2) is 12.8 Å². The summed E-state index contributed by atoms with van der Waals surface area (Å²) in [7, 11) is -3.67. The third-order valence-electron chi connectivity index (χ3n) is 3.28. The molecule has 0 saturated carbocycles. The lowest BCUT2D eigenvalue weighted by atomic mass is 10.2. The maximum atomic E-state index is 13.9. The van der Waals surface area contributed by atoms with Crippen LogP contribution in [0.3, 0.4) is 0 Å². The van der Waals surface area contributed by atoms with Gasteiger partial charge in [-0.3, -0.25) is 9.10 Å². The van der Waals surface area contributed by atoms with E-state index in [0.29, 0.717) is 10.4 Å². The largest absolute Gasteiger partial charge is 0.301 e. The van der Waals surface area contributed by atoms with E-state index in [2.05, 4.69) is 15.5 Å². The molecule has 148 valence electrons. The highest BCUT2D eigenvalue weighted by Crippen LogP contribution is 2.28. The molecule has 0 saturated heterocycles. The lowest BCUT2D eigenvalue weighted by Crippen LogP contribution is -2.32. The van der Waals surface area contributed by atoms with Gasteiger partial charge in [0.2, 0.25) is 21.1 Å². The maximum Gasteiger partial charge on any atom is 0.232 e. The molecule has 1 aromatic heterocycles. The number of hydrogen-bond acceptors (Lipinski definition) is 7. The van der Waals surface area contributed by atoms with Crippen molar-refractivity contribution >= 4 is 49.8 Å². The van der Waals surface area contributed by atoms with Crippen LogP contribution >= 0.6 is 23.1 Å². The van der Waals surface area contributed by atoms with Gasteiger partial charge in [-0.1, -0.05) is 49.1 Å². The molecule has 0 unspecified atom stereocenters. The minimum absolute atomic E-state index is 0.00223. The zero-order valence-electron chi connectivity index (χ0n) is 15.2. The van der Waals surface area contributed by atoms with Crippen molar-refractivity contribution in [3.8, 4) is 0 Å². The summed E-state index contributed by atoms with van der Waals surface area (Å²) in [4.78, 5) is 12.1. The standard InChI is InChI=1S/C16H21FN4O3S3/c1-11(2)25-16-20-19-15(26-16)18-14(22)9-6-10-21(27(3,23)24)13-8-5-4-7-12(13)17/h4-5,7-8,11H,6,9-10H2,1-3H3,(H,18,19,22). The van der Waals surface area contributed by atoms with Crippen LogP contribution in [0.25, 0.3) is 0 Å². The summed E-state index contributed by atoms with van der Waals surface area (Å²) in [6.07, 6.45) is 1.32. The van der Waals surface area contributed by atoms with E-state index in [9.17, 15) is 17.6 Å². The van der Waals surface area contributed by atoms with E-state index in [1.54, 1.807) is 17.8 Å². The topological polar surface area (TPSA) is 92.3 Å². The molecule has 7 nitrogen and oxygen atoms in total. The smallest absolute Gasteiger partial charge is 0.232 e. The number of rotatable bonds is 9. The first-order chi connectivity index (χ1) is 12.7. The molecule has 0 fully saturated rings. The summed E-state index contributed by atoms with van der Waals surface area (Å²) in [6, 6.07) is 5.64. The Morgan fingerprint density at radius 2 is 2.04 bits per heavy atom. The van der Waals surface area contributed by atoms with Crippen LogP contribution in [0, 0.1) is 5.82 Å². The predicted molar refractivity (Wildman–Crippen MR) is 107 cm³/mol. The third kappa shape index (κ3) is 6.74. The molecular weight excluding hydrogens is 411 g/mol. The highest BCUT2D eigenvalue weighted by atomic mass is 32.2. The van der Waals surface area contributed by atoms with E-state index >= 15 is 0 Å². The number of nitrogens with one attached hydrogen (secondary N) is 1. The summed E-state index contributed by atoms with van der Waals surface area (Å²) >= 11 is 2.84. The van der Waals surface area contributed by atoms with Crippen LogP contribution in [0.5, 0.6) is 0 Å². The van der Waals surface area contributed by atoms with Crippen molar-refractivity contribution < 1.29 is 17.6 Å². The monoisotopic (exact) mass is 432 g/mol. The van der Waals surface area contributed by atoms with Gasteiger partial charge in [0.1, 0.15) is 5.82 Å². The molecule has 11 heteroatoms. The molecule has 0 aliphatic heterocycles. The number of nitrogens with zero attached hydrogens (tertiary/aromatic N) is 3. The van der Waals surface area contributed by atoms with Crippen molar-refractivity contribution in [2.45, 2.75) is 36.3 Å². The molecule has 2 aromatic rings. The number of benzene rings is 1. The van der Waals surface area contributed by atoms with E-state index in [0.717, 1.165) is 14.9 Å². The number of aromatic nitrogens is 2. The average Bonchev–Trinajstić information content (AvgIpc) is 2.97. The van der Waals surface area contributed by atoms with Crippen molar-refractivity contribution in [1.82, 2.24) is 10.2 Å².